The lowest BCUT2D eigenvalue weighted by Crippen LogP contribution is -2.21. The molecule has 118 valence electrons. The van der Waals surface area contributed by atoms with Gasteiger partial charge in [-0.1, -0.05) is 0 Å². The Bertz CT molecular complexity index is 976. The molecule has 23 heavy (non-hydrogen) atoms. The van der Waals surface area contributed by atoms with E-state index in [0.717, 1.165) is 5.39 Å². The van der Waals surface area contributed by atoms with Crippen LogP contribution in [0.25, 0.3) is 21.8 Å². The summed E-state index contributed by atoms with van der Waals surface area (Å²) in [4.78, 5) is 29.1. The van der Waals surface area contributed by atoms with Crippen molar-refractivity contribution >= 4 is 33.5 Å². The van der Waals surface area contributed by atoms with Crippen LogP contribution in [0.5, 0.6) is 0 Å². The molecular formula is C17H17N3O3. The van der Waals surface area contributed by atoms with Gasteiger partial charge in [0.1, 0.15) is 5.56 Å². The summed E-state index contributed by atoms with van der Waals surface area (Å²) in [5.41, 5.74) is 7.47. The second-order valence-electron chi connectivity index (χ2n) is 5.14. The predicted molar refractivity (Wildman–Crippen MR) is 89.6 cm³/mol. The molecule has 0 fully saturated rings. The van der Waals surface area contributed by atoms with Gasteiger partial charge in [-0.15, -0.1) is 0 Å². The van der Waals surface area contributed by atoms with Crippen LogP contribution in [-0.4, -0.2) is 22.1 Å². The maximum absolute atomic E-state index is 12.7. The molecule has 0 aliphatic rings. The molecule has 0 saturated carbocycles. The van der Waals surface area contributed by atoms with E-state index in [2.05, 4.69) is 4.98 Å². The maximum Gasteiger partial charge on any atom is 0.343 e. The summed E-state index contributed by atoms with van der Waals surface area (Å²) in [6, 6.07) is 5.27. The molecule has 2 heterocycles. The molecule has 2 aromatic heterocycles. The number of ether oxygens (including phenoxy) is 1. The number of hydrogen-bond acceptors (Lipinski definition) is 5. The van der Waals surface area contributed by atoms with Gasteiger partial charge in [0.15, 0.2) is 0 Å². The summed E-state index contributed by atoms with van der Waals surface area (Å²) >= 11 is 0. The molecule has 0 atom stereocenters. The number of anilines is 1. The van der Waals surface area contributed by atoms with Crippen molar-refractivity contribution in [2.24, 2.45) is 0 Å². The van der Waals surface area contributed by atoms with Gasteiger partial charge in [0, 0.05) is 30.0 Å². The third-order valence-corrected chi connectivity index (χ3v) is 3.80. The molecule has 0 bridgehead atoms. The molecular weight excluding hydrogens is 294 g/mol. The second-order valence-corrected chi connectivity index (χ2v) is 5.14. The van der Waals surface area contributed by atoms with Crippen molar-refractivity contribution in [3.8, 4) is 0 Å². The van der Waals surface area contributed by atoms with Crippen LogP contribution in [0.15, 0.2) is 35.4 Å². The van der Waals surface area contributed by atoms with Crippen molar-refractivity contribution in [2.45, 2.75) is 20.4 Å². The zero-order chi connectivity index (χ0) is 16.6. The van der Waals surface area contributed by atoms with Crippen molar-refractivity contribution in [1.82, 2.24) is 9.55 Å². The number of nitrogens with two attached hydrogens (primary N) is 1. The van der Waals surface area contributed by atoms with E-state index in [4.69, 9.17) is 10.5 Å². The number of nitrogen functional groups attached to an aromatic ring is 1. The molecule has 0 radical (unpaired) electrons. The van der Waals surface area contributed by atoms with Crippen molar-refractivity contribution in [1.29, 1.82) is 0 Å². The number of hydrogen-bond donors (Lipinski definition) is 1. The van der Waals surface area contributed by atoms with E-state index in [-0.39, 0.29) is 17.6 Å². The van der Waals surface area contributed by atoms with E-state index in [1.54, 1.807) is 25.3 Å². The topological polar surface area (TPSA) is 87.2 Å². The minimum absolute atomic E-state index is 0.0101. The Hall–Kier alpha value is -2.89. The lowest BCUT2D eigenvalue weighted by Gasteiger charge is -2.14. The normalized spacial score (nSPS) is 11.0. The van der Waals surface area contributed by atoms with E-state index >= 15 is 0 Å². The van der Waals surface area contributed by atoms with Gasteiger partial charge in [-0.3, -0.25) is 9.78 Å². The van der Waals surface area contributed by atoms with Crippen molar-refractivity contribution in [3.05, 3.63) is 46.4 Å². The van der Waals surface area contributed by atoms with Crippen LogP contribution in [0.3, 0.4) is 0 Å². The van der Waals surface area contributed by atoms with Gasteiger partial charge in [-0.25, -0.2) is 4.79 Å². The Morgan fingerprint density at radius 2 is 2.13 bits per heavy atom. The first kappa shape index (κ1) is 15.0. The van der Waals surface area contributed by atoms with Gasteiger partial charge in [0.2, 0.25) is 5.43 Å². The molecule has 6 nitrogen and oxygen atoms in total. The first-order valence-electron chi connectivity index (χ1n) is 7.46. The molecule has 0 spiro atoms. The third-order valence-electron chi connectivity index (χ3n) is 3.80. The summed E-state index contributed by atoms with van der Waals surface area (Å²) in [5, 5.41) is 1.16. The Kier molecular flexibility index (Phi) is 3.73. The highest BCUT2D eigenvalue weighted by Gasteiger charge is 2.18. The quantitative estimate of drug-likeness (QED) is 0.456. The number of aryl methyl sites for hydroxylation is 1. The van der Waals surface area contributed by atoms with E-state index in [9.17, 15) is 9.59 Å². The van der Waals surface area contributed by atoms with Crippen molar-refractivity contribution in [2.75, 3.05) is 12.3 Å². The van der Waals surface area contributed by atoms with Crippen LogP contribution in [-0.2, 0) is 11.3 Å². The van der Waals surface area contributed by atoms with Gasteiger partial charge in [0.05, 0.1) is 23.0 Å². The summed E-state index contributed by atoms with van der Waals surface area (Å²) < 4.78 is 6.81. The molecule has 1 aromatic carbocycles. The fourth-order valence-electron chi connectivity index (χ4n) is 2.75. The van der Waals surface area contributed by atoms with E-state index in [1.807, 2.05) is 17.6 Å². The number of benzene rings is 1. The average Bonchev–Trinajstić information content (AvgIpc) is 2.56. The Morgan fingerprint density at radius 1 is 1.35 bits per heavy atom. The highest BCUT2D eigenvalue weighted by molar-refractivity contribution is 6.09. The molecule has 3 aromatic rings. The Morgan fingerprint density at radius 3 is 2.83 bits per heavy atom. The number of fused-ring (bicyclic) bond motifs is 3. The molecule has 3 rings (SSSR count). The molecule has 0 saturated heterocycles. The smallest absolute Gasteiger partial charge is 0.343 e. The molecule has 2 N–H and O–H groups in total. The lowest BCUT2D eigenvalue weighted by molar-refractivity contribution is 0.0524. The highest BCUT2D eigenvalue weighted by Crippen LogP contribution is 2.27. The van der Waals surface area contributed by atoms with E-state index in [1.165, 1.54) is 6.20 Å². The fraction of sp³-hybridized carbons (Fsp3) is 0.235. The first-order chi connectivity index (χ1) is 11.1. The number of aromatic nitrogens is 2. The molecule has 6 heteroatoms. The third kappa shape index (κ3) is 2.32. The fourth-order valence-corrected chi connectivity index (χ4v) is 2.75. The number of rotatable bonds is 3. The second kappa shape index (κ2) is 5.72. The van der Waals surface area contributed by atoms with E-state index in [0.29, 0.717) is 28.7 Å². The van der Waals surface area contributed by atoms with Crippen LogP contribution >= 0.6 is 0 Å². The summed E-state index contributed by atoms with van der Waals surface area (Å²) in [7, 11) is 0. The SMILES string of the molecule is CCOC(=O)c1cn(CC)c2c(cc(N)c3cccnc32)c1=O. The van der Waals surface area contributed by atoms with Gasteiger partial charge in [-0.2, -0.15) is 0 Å². The summed E-state index contributed by atoms with van der Waals surface area (Å²) in [6.07, 6.45) is 3.19. The Labute approximate surface area is 132 Å². The molecule has 0 aliphatic carbocycles. The van der Waals surface area contributed by atoms with Crippen LogP contribution < -0.4 is 11.2 Å². The van der Waals surface area contributed by atoms with Gasteiger partial charge in [-0.05, 0) is 32.0 Å². The zero-order valence-electron chi connectivity index (χ0n) is 13.0. The number of esters is 1. The van der Waals surface area contributed by atoms with Gasteiger partial charge >= 0.3 is 5.97 Å². The number of carbonyl (C=O) groups excluding carboxylic acids is 1. The number of pyridine rings is 2. The molecule has 0 amide bonds. The standard InChI is InChI=1S/C17H17N3O3/c1-3-20-9-12(17(22)23-4-2)16(21)11-8-13(18)10-6-5-7-19-14(10)15(11)20/h5-9H,3-4,18H2,1-2H3. The monoisotopic (exact) mass is 311 g/mol. The highest BCUT2D eigenvalue weighted by atomic mass is 16.5. The number of carbonyl (C=O) groups is 1. The minimum atomic E-state index is -0.624. The maximum atomic E-state index is 12.7. The average molecular weight is 311 g/mol. The van der Waals surface area contributed by atoms with Gasteiger partial charge < -0.3 is 15.0 Å². The van der Waals surface area contributed by atoms with Crippen LogP contribution in [0, 0.1) is 0 Å². The lowest BCUT2D eigenvalue weighted by atomic mass is 10.1. The van der Waals surface area contributed by atoms with Gasteiger partial charge in [0.25, 0.3) is 0 Å². The van der Waals surface area contributed by atoms with E-state index < -0.39 is 5.97 Å². The largest absolute Gasteiger partial charge is 0.462 e. The first-order valence-corrected chi connectivity index (χ1v) is 7.46. The van der Waals surface area contributed by atoms with Crippen molar-refractivity contribution < 1.29 is 9.53 Å². The molecule has 0 unspecified atom stereocenters. The summed E-state index contributed by atoms with van der Waals surface area (Å²) in [6.45, 7) is 4.43. The number of nitrogens with zero attached hydrogens (tertiary/aromatic N) is 2. The van der Waals surface area contributed by atoms with Crippen molar-refractivity contribution in [3.63, 3.8) is 0 Å². The zero-order valence-corrected chi connectivity index (χ0v) is 13.0. The molecule has 0 aliphatic heterocycles. The van der Waals surface area contributed by atoms with Crippen LogP contribution in [0.4, 0.5) is 5.69 Å². The minimum Gasteiger partial charge on any atom is -0.462 e. The predicted octanol–water partition coefficient (Wildman–Crippen LogP) is 2.33. The summed E-state index contributed by atoms with van der Waals surface area (Å²) in [5.74, 6) is -0.624. The van der Waals surface area contributed by atoms with Crippen LogP contribution in [0.2, 0.25) is 0 Å². The van der Waals surface area contributed by atoms with Crippen LogP contribution in [0.1, 0.15) is 24.2 Å². The Balaban J connectivity index is 2.48.